The van der Waals surface area contributed by atoms with E-state index in [4.69, 9.17) is 5.26 Å². The predicted octanol–water partition coefficient (Wildman–Crippen LogP) is 4.19. The fourth-order valence-corrected chi connectivity index (χ4v) is 1.82. The van der Waals surface area contributed by atoms with Crippen molar-refractivity contribution < 1.29 is 22.1 Å². The predicted molar refractivity (Wildman–Crippen MR) is 93.1 cm³/mol. The van der Waals surface area contributed by atoms with E-state index in [2.05, 4.69) is 28.7 Å². The minimum absolute atomic E-state index is 0.140. The monoisotopic (exact) mass is 379 g/mol. The molecule has 0 amide bonds. The molecule has 0 unspecified atom stereocenters. The molecule has 0 aromatic carbocycles. The van der Waals surface area contributed by atoms with E-state index in [0.29, 0.717) is 23.8 Å². The van der Waals surface area contributed by atoms with E-state index in [9.17, 15) is 18.0 Å². The van der Waals surface area contributed by atoms with Crippen LogP contribution in [0.2, 0.25) is 0 Å². The Morgan fingerprint density at radius 3 is 2.32 bits per heavy atom. The first kappa shape index (κ1) is 25.5. The van der Waals surface area contributed by atoms with Crippen LogP contribution < -0.4 is 9.92 Å². The maximum atomic E-state index is 12.1. The van der Waals surface area contributed by atoms with E-state index in [-0.39, 0.29) is 24.4 Å². The van der Waals surface area contributed by atoms with Gasteiger partial charge in [0.25, 0.3) is 0 Å². The number of hydrogen-bond donors (Lipinski definition) is 1. The van der Waals surface area contributed by atoms with Crippen molar-refractivity contribution in [2.24, 2.45) is 5.73 Å². The largest absolute Gasteiger partial charge is 0.479 e. The minimum Gasteiger partial charge on any atom is -0.397 e. The third-order valence-corrected chi connectivity index (χ3v) is 2.81. The van der Waals surface area contributed by atoms with Crippen LogP contribution >= 0.6 is 12.0 Å². The number of rotatable bonds is 6. The number of carbonyl (C=O) groups is 1. The molecule has 0 fully saturated rings. The Morgan fingerprint density at radius 1 is 1.36 bits per heavy atom. The standard InChI is InChI=1S/C12H11F3N2O2S.C3H8.CH5N/c1-2-8-6-11(19-20-12(13,14)15)17-10(4-3-5-18)9(8)7-16;1-3-2;1-2/h5-6H,2-4H2,1H3;3H2,1-2H3;2H2,1H3. The zero-order valence-electron chi connectivity index (χ0n) is 14.8. The van der Waals surface area contributed by atoms with Crippen molar-refractivity contribution in [3.63, 3.8) is 0 Å². The zero-order chi connectivity index (χ0) is 19.9. The minimum atomic E-state index is -4.54. The first-order valence-electron chi connectivity index (χ1n) is 7.69. The topological polar surface area (TPSA) is 89.0 Å². The highest BCUT2D eigenvalue weighted by Gasteiger charge is 2.32. The van der Waals surface area contributed by atoms with Crippen LogP contribution in [0.4, 0.5) is 13.2 Å². The lowest BCUT2D eigenvalue weighted by Gasteiger charge is -2.11. The molecule has 0 radical (unpaired) electrons. The number of aldehydes is 1. The van der Waals surface area contributed by atoms with Gasteiger partial charge in [-0.1, -0.05) is 27.2 Å². The van der Waals surface area contributed by atoms with Crippen LogP contribution in [0, 0.1) is 11.3 Å². The summed E-state index contributed by atoms with van der Waals surface area (Å²) in [7, 11) is 1.50. The van der Waals surface area contributed by atoms with Gasteiger partial charge in [0.2, 0.25) is 5.88 Å². The lowest BCUT2D eigenvalue weighted by molar-refractivity contribution is -0.107. The lowest BCUT2D eigenvalue weighted by Crippen LogP contribution is -2.06. The van der Waals surface area contributed by atoms with Crippen molar-refractivity contribution in [3.05, 3.63) is 22.9 Å². The van der Waals surface area contributed by atoms with Crippen molar-refractivity contribution >= 4 is 18.3 Å². The molecule has 5 nitrogen and oxygen atoms in total. The Morgan fingerprint density at radius 2 is 1.92 bits per heavy atom. The van der Waals surface area contributed by atoms with Crippen LogP contribution in [0.1, 0.15) is 50.4 Å². The van der Waals surface area contributed by atoms with Gasteiger partial charge in [0.1, 0.15) is 12.4 Å². The third kappa shape index (κ3) is 11.4. The van der Waals surface area contributed by atoms with Crippen LogP contribution in [0.15, 0.2) is 6.07 Å². The van der Waals surface area contributed by atoms with Gasteiger partial charge in [-0.3, -0.25) is 0 Å². The van der Waals surface area contributed by atoms with Gasteiger partial charge in [-0.25, -0.2) is 4.98 Å². The summed E-state index contributed by atoms with van der Waals surface area (Å²) in [5.41, 5.74) is 1.07. The fourth-order valence-electron chi connectivity index (χ4n) is 1.55. The highest BCUT2D eigenvalue weighted by molar-refractivity contribution is 7.95. The van der Waals surface area contributed by atoms with Gasteiger partial charge in [-0.05, 0) is 25.5 Å². The fraction of sp³-hybridized carbons (Fsp3) is 0.562. The Kier molecular flexibility index (Phi) is 14.8. The molecule has 0 aliphatic heterocycles. The second-order valence-electron chi connectivity index (χ2n) is 4.43. The maximum absolute atomic E-state index is 12.1. The quantitative estimate of drug-likeness (QED) is 0.589. The van der Waals surface area contributed by atoms with Crippen LogP contribution in [-0.2, 0) is 17.6 Å². The average molecular weight is 379 g/mol. The molecule has 0 aliphatic rings. The van der Waals surface area contributed by atoms with Gasteiger partial charge in [-0.2, -0.15) is 18.4 Å². The van der Waals surface area contributed by atoms with Gasteiger partial charge in [0.15, 0.2) is 12.0 Å². The van der Waals surface area contributed by atoms with E-state index >= 15 is 0 Å². The molecule has 0 aliphatic carbocycles. The molecule has 142 valence electrons. The van der Waals surface area contributed by atoms with E-state index in [1.54, 1.807) is 6.92 Å². The number of aromatic nitrogens is 1. The number of halogens is 3. The van der Waals surface area contributed by atoms with Crippen LogP contribution in [-0.4, -0.2) is 23.8 Å². The van der Waals surface area contributed by atoms with E-state index in [1.807, 2.05) is 6.07 Å². The molecule has 1 rings (SSSR count). The first-order chi connectivity index (χ1) is 11.8. The summed E-state index contributed by atoms with van der Waals surface area (Å²) in [6.07, 6.45) is 2.69. The molecular formula is C16H24F3N3O2S. The van der Waals surface area contributed by atoms with Crippen molar-refractivity contribution in [2.75, 3.05) is 7.05 Å². The molecule has 9 heteroatoms. The summed E-state index contributed by atoms with van der Waals surface area (Å²) in [5, 5.41) is 9.08. The van der Waals surface area contributed by atoms with Gasteiger partial charge in [0, 0.05) is 12.5 Å². The van der Waals surface area contributed by atoms with Crippen LogP contribution in [0.25, 0.3) is 0 Å². The van der Waals surface area contributed by atoms with Gasteiger partial charge < -0.3 is 14.7 Å². The number of pyridine rings is 1. The smallest absolute Gasteiger partial charge is 0.397 e. The van der Waals surface area contributed by atoms with Crippen molar-refractivity contribution in [1.29, 1.82) is 5.26 Å². The number of alkyl halides is 3. The normalized spacial score (nSPS) is 9.72. The van der Waals surface area contributed by atoms with E-state index < -0.39 is 17.6 Å². The van der Waals surface area contributed by atoms with E-state index in [1.165, 1.54) is 19.5 Å². The molecule has 1 aromatic heterocycles. The highest BCUT2D eigenvalue weighted by atomic mass is 32.2. The maximum Gasteiger partial charge on any atom is 0.479 e. The van der Waals surface area contributed by atoms with Crippen molar-refractivity contribution in [2.45, 2.75) is 52.0 Å². The molecule has 1 aromatic rings. The van der Waals surface area contributed by atoms with Crippen LogP contribution in [0.3, 0.4) is 0 Å². The SMILES string of the molecule is CCC.CCc1cc(OSC(F)(F)F)nc(CCC=O)c1C#N.CN. The summed E-state index contributed by atoms with van der Waals surface area (Å²) in [6.45, 7) is 6.01. The Balaban J connectivity index is 0. The summed E-state index contributed by atoms with van der Waals surface area (Å²) < 4.78 is 40.8. The summed E-state index contributed by atoms with van der Waals surface area (Å²) in [4.78, 5) is 14.2. The summed E-state index contributed by atoms with van der Waals surface area (Å²) >= 11 is -0.663. The number of carbonyl (C=O) groups excluding carboxylic acids is 1. The van der Waals surface area contributed by atoms with Crippen LogP contribution in [0.5, 0.6) is 5.88 Å². The van der Waals surface area contributed by atoms with Crippen molar-refractivity contribution in [1.82, 2.24) is 4.98 Å². The Hall–Kier alpha value is -1.79. The highest BCUT2D eigenvalue weighted by Crippen LogP contribution is 2.32. The third-order valence-electron chi connectivity index (χ3n) is 2.37. The Labute approximate surface area is 151 Å². The summed E-state index contributed by atoms with van der Waals surface area (Å²) in [5.74, 6) is -0.218. The zero-order valence-corrected chi connectivity index (χ0v) is 15.6. The number of aryl methyl sites for hydroxylation is 2. The number of nitrogens with two attached hydrogens (primary N) is 1. The molecule has 0 atom stereocenters. The van der Waals surface area contributed by atoms with Crippen molar-refractivity contribution in [3.8, 4) is 11.9 Å². The van der Waals surface area contributed by atoms with E-state index in [0.717, 1.165) is 0 Å². The molecule has 1 heterocycles. The molecule has 0 bridgehead atoms. The van der Waals surface area contributed by atoms with Gasteiger partial charge >= 0.3 is 5.51 Å². The summed E-state index contributed by atoms with van der Waals surface area (Å²) in [6, 6.07) is 3.27. The second-order valence-corrected chi connectivity index (χ2v) is 5.23. The molecule has 0 saturated carbocycles. The Bertz CT molecular complexity index is 547. The molecule has 2 N–H and O–H groups in total. The number of nitriles is 1. The molecule has 0 saturated heterocycles. The molecular weight excluding hydrogens is 355 g/mol. The molecule has 25 heavy (non-hydrogen) atoms. The average Bonchev–Trinajstić information content (AvgIpc) is 2.59. The first-order valence-corrected chi connectivity index (χ1v) is 8.43. The van der Waals surface area contributed by atoms with Gasteiger partial charge in [-0.15, -0.1) is 0 Å². The van der Waals surface area contributed by atoms with Gasteiger partial charge in [0.05, 0.1) is 11.3 Å². The molecule has 0 spiro atoms. The lowest BCUT2D eigenvalue weighted by atomic mass is 10.0. The number of nitrogens with zero attached hydrogens (tertiary/aromatic N) is 2. The second kappa shape index (κ2) is 14.5. The number of hydrogen-bond acceptors (Lipinski definition) is 6.